The molecule has 1 N–H and O–H groups in total. The van der Waals surface area contributed by atoms with Gasteiger partial charge in [0.1, 0.15) is 12.0 Å². The largest absolute Gasteiger partial charge is 0.484 e. The summed E-state index contributed by atoms with van der Waals surface area (Å²) in [5, 5.41) is 3.26. The lowest BCUT2D eigenvalue weighted by Gasteiger charge is -2.37. The van der Waals surface area contributed by atoms with Gasteiger partial charge in [0.05, 0.1) is 6.04 Å². The highest BCUT2D eigenvalue weighted by Crippen LogP contribution is 2.37. The third-order valence-electron chi connectivity index (χ3n) is 6.09. The van der Waals surface area contributed by atoms with Crippen molar-refractivity contribution >= 4 is 29.1 Å². The van der Waals surface area contributed by atoms with Gasteiger partial charge in [-0.25, -0.2) is 4.98 Å². The second-order valence-corrected chi connectivity index (χ2v) is 8.95. The van der Waals surface area contributed by atoms with E-state index in [4.69, 9.17) is 20.8 Å². The SMILES string of the molecule is CC(=O)N1CCc2ccc(OCc3nc(C(=O)Nc4cccc(Cl)c4)co3)cc2[C@H]1c1ccccc1. The number of carbonyl (C=O) groups is 2. The van der Waals surface area contributed by atoms with E-state index in [0.717, 1.165) is 17.5 Å². The maximum absolute atomic E-state index is 12.5. The molecule has 0 saturated carbocycles. The van der Waals surface area contributed by atoms with Crippen molar-refractivity contribution in [1.29, 1.82) is 0 Å². The minimum Gasteiger partial charge on any atom is -0.484 e. The van der Waals surface area contributed by atoms with Gasteiger partial charge in [0.15, 0.2) is 12.3 Å². The fraction of sp³-hybridized carbons (Fsp3) is 0.179. The molecule has 1 aliphatic heterocycles. The van der Waals surface area contributed by atoms with Crippen LogP contribution >= 0.6 is 11.6 Å². The summed E-state index contributed by atoms with van der Waals surface area (Å²) in [6, 6.07) is 22.6. The quantitative estimate of drug-likeness (QED) is 0.369. The zero-order chi connectivity index (χ0) is 25.1. The van der Waals surface area contributed by atoms with Crippen LogP contribution in [-0.4, -0.2) is 28.2 Å². The number of nitrogens with one attached hydrogen (secondary N) is 1. The molecule has 0 bridgehead atoms. The second kappa shape index (κ2) is 10.3. The maximum atomic E-state index is 12.5. The number of aromatic nitrogens is 1. The van der Waals surface area contributed by atoms with Crippen molar-refractivity contribution in [2.75, 3.05) is 11.9 Å². The molecule has 182 valence electrons. The van der Waals surface area contributed by atoms with Crippen molar-refractivity contribution in [3.8, 4) is 5.75 Å². The van der Waals surface area contributed by atoms with Gasteiger partial charge in [0.2, 0.25) is 11.8 Å². The smallest absolute Gasteiger partial charge is 0.277 e. The lowest BCUT2D eigenvalue weighted by atomic mass is 9.88. The minimum atomic E-state index is -0.406. The van der Waals surface area contributed by atoms with Crippen LogP contribution in [0.25, 0.3) is 0 Å². The van der Waals surface area contributed by atoms with E-state index < -0.39 is 5.91 Å². The summed E-state index contributed by atoms with van der Waals surface area (Å²) in [6.07, 6.45) is 2.07. The summed E-state index contributed by atoms with van der Waals surface area (Å²) in [5.41, 5.74) is 3.97. The Balaban J connectivity index is 1.31. The molecule has 0 fully saturated rings. The van der Waals surface area contributed by atoms with Gasteiger partial charge in [-0.05, 0) is 53.4 Å². The van der Waals surface area contributed by atoms with Crippen LogP contribution in [-0.2, 0) is 17.8 Å². The molecule has 2 amide bonds. The molecular formula is C28H24ClN3O4. The second-order valence-electron chi connectivity index (χ2n) is 8.52. The van der Waals surface area contributed by atoms with E-state index in [-0.39, 0.29) is 30.1 Å². The molecule has 1 aromatic heterocycles. The van der Waals surface area contributed by atoms with Crippen LogP contribution < -0.4 is 10.1 Å². The normalized spacial score (nSPS) is 14.7. The fourth-order valence-corrected chi connectivity index (χ4v) is 4.60. The Bertz CT molecular complexity index is 1400. The topological polar surface area (TPSA) is 84.7 Å². The van der Waals surface area contributed by atoms with Crippen LogP contribution in [0.5, 0.6) is 5.75 Å². The van der Waals surface area contributed by atoms with Crippen molar-refractivity contribution in [3.05, 3.63) is 112 Å². The van der Waals surface area contributed by atoms with E-state index in [1.807, 2.05) is 53.4 Å². The molecule has 4 aromatic rings. The number of ether oxygens (including phenoxy) is 1. The minimum absolute atomic E-state index is 0.0317. The first-order valence-corrected chi connectivity index (χ1v) is 11.9. The van der Waals surface area contributed by atoms with Crippen LogP contribution in [0.15, 0.2) is 83.5 Å². The first-order valence-electron chi connectivity index (χ1n) is 11.6. The van der Waals surface area contributed by atoms with E-state index in [9.17, 15) is 9.59 Å². The van der Waals surface area contributed by atoms with Crippen molar-refractivity contribution in [1.82, 2.24) is 9.88 Å². The summed E-state index contributed by atoms with van der Waals surface area (Å²) in [6.45, 7) is 2.32. The van der Waals surface area contributed by atoms with Crippen molar-refractivity contribution in [2.45, 2.75) is 26.0 Å². The summed E-state index contributed by atoms with van der Waals surface area (Å²) in [7, 11) is 0. The molecule has 0 unspecified atom stereocenters. The molecule has 0 radical (unpaired) electrons. The highest BCUT2D eigenvalue weighted by molar-refractivity contribution is 6.30. The summed E-state index contributed by atoms with van der Waals surface area (Å²) < 4.78 is 11.4. The third-order valence-corrected chi connectivity index (χ3v) is 6.33. The predicted molar refractivity (Wildman–Crippen MR) is 136 cm³/mol. The molecule has 3 aromatic carbocycles. The van der Waals surface area contributed by atoms with E-state index >= 15 is 0 Å². The van der Waals surface area contributed by atoms with E-state index in [1.54, 1.807) is 31.2 Å². The van der Waals surface area contributed by atoms with Crippen LogP contribution in [0, 0.1) is 0 Å². The lowest BCUT2D eigenvalue weighted by Crippen LogP contribution is -2.39. The van der Waals surface area contributed by atoms with E-state index in [0.29, 0.717) is 23.0 Å². The Hall–Kier alpha value is -4.10. The van der Waals surface area contributed by atoms with Gasteiger partial charge >= 0.3 is 0 Å². The monoisotopic (exact) mass is 501 g/mol. The fourth-order valence-electron chi connectivity index (χ4n) is 4.40. The van der Waals surface area contributed by atoms with Gasteiger partial charge in [-0.2, -0.15) is 0 Å². The molecule has 1 aliphatic rings. The molecule has 5 rings (SSSR count). The highest BCUT2D eigenvalue weighted by Gasteiger charge is 2.30. The first-order chi connectivity index (χ1) is 17.5. The zero-order valence-electron chi connectivity index (χ0n) is 19.6. The number of rotatable bonds is 6. The Kier molecular flexibility index (Phi) is 6.73. The van der Waals surface area contributed by atoms with Gasteiger partial charge in [0.25, 0.3) is 5.91 Å². The van der Waals surface area contributed by atoms with Crippen molar-refractivity contribution in [2.24, 2.45) is 0 Å². The number of oxazole rings is 1. The van der Waals surface area contributed by atoms with Crippen LogP contribution in [0.3, 0.4) is 0 Å². The van der Waals surface area contributed by atoms with Gasteiger partial charge in [0, 0.05) is 24.2 Å². The van der Waals surface area contributed by atoms with Gasteiger partial charge < -0.3 is 19.4 Å². The number of nitrogens with zero attached hydrogens (tertiary/aromatic N) is 2. The highest BCUT2D eigenvalue weighted by atomic mass is 35.5. The Morgan fingerprint density at radius 1 is 1.11 bits per heavy atom. The average Bonchev–Trinajstić information content (AvgIpc) is 3.36. The number of benzene rings is 3. The number of hydrogen-bond acceptors (Lipinski definition) is 5. The molecule has 1 atom stereocenters. The molecule has 0 saturated heterocycles. The molecule has 7 nitrogen and oxygen atoms in total. The van der Waals surface area contributed by atoms with Crippen LogP contribution in [0.2, 0.25) is 5.02 Å². The molecular weight excluding hydrogens is 478 g/mol. The number of hydrogen-bond donors (Lipinski definition) is 1. The maximum Gasteiger partial charge on any atom is 0.277 e. The summed E-state index contributed by atoms with van der Waals surface area (Å²) in [5.74, 6) is 0.525. The van der Waals surface area contributed by atoms with Crippen LogP contribution in [0.4, 0.5) is 5.69 Å². The Morgan fingerprint density at radius 2 is 1.94 bits per heavy atom. The number of carbonyl (C=O) groups excluding carboxylic acids is 2. The molecule has 8 heteroatoms. The van der Waals surface area contributed by atoms with Gasteiger partial charge in [-0.15, -0.1) is 0 Å². The Labute approximate surface area is 213 Å². The number of anilines is 1. The lowest BCUT2D eigenvalue weighted by molar-refractivity contribution is -0.130. The van der Waals surface area contributed by atoms with Crippen molar-refractivity contribution in [3.63, 3.8) is 0 Å². The third kappa shape index (κ3) is 5.11. The molecule has 0 aliphatic carbocycles. The molecule has 36 heavy (non-hydrogen) atoms. The predicted octanol–water partition coefficient (Wildman–Crippen LogP) is 5.65. The van der Waals surface area contributed by atoms with Gasteiger partial charge in [-0.3, -0.25) is 9.59 Å². The molecule has 2 heterocycles. The number of halogens is 1. The van der Waals surface area contributed by atoms with Gasteiger partial charge in [-0.1, -0.05) is 54.1 Å². The summed E-state index contributed by atoms with van der Waals surface area (Å²) >= 11 is 5.97. The summed E-state index contributed by atoms with van der Waals surface area (Å²) in [4.78, 5) is 31.0. The zero-order valence-corrected chi connectivity index (χ0v) is 20.4. The Morgan fingerprint density at radius 3 is 2.72 bits per heavy atom. The first kappa shape index (κ1) is 23.6. The number of fused-ring (bicyclic) bond motifs is 1. The van der Waals surface area contributed by atoms with Crippen molar-refractivity contribution < 1.29 is 18.7 Å². The average molecular weight is 502 g/mol. The number of amides is 2. The molecule has 0 spiro atoms. The standard InChI is InChI=1S/C28H24ClN3O4/c1-18(33)32-13-12-19-10-11-23(15-24(19)27(32)20-6-3-2-4-7-20)35-17-26-31-25(16-36-26)28(34)30-22-9-5-8-21(29)14-22/h2-11,14-16,27H,12-13,17H2,1H3,(H,30,34)/t27-/m1/s1. The van der Waals surface area contributed by atoms with E-state index in [2.05, 4.69) is 10.3 Å². The van der Waals surface area contributed by atoms with Crippen LogP contribution in [0.1, 0.15) is 46.0 Å². The van der Waals surface area contributed by atoms with E-state index in [1.165, 1.54) is 11.8 Å².